The van der Waals surface area contributed by atoms with Gasteiger partial charge in [-0.3, -0.25) is 0 Å². The summed E-state index contributed by atoms with van der Waals surface area (Å²) in [4.78, 5) is 22.9. The fourth-order valence-corrected chi connectivity index (χ4v) is 1.84. The Balaban J connectivity index is 2.68. The van der Waals surface area contributed by atoms with E-state index in [-0.39, 0.29) is 0 Å². The molecule has 0 heterocycles. The molecule has 5 nitrogen and oxygen atoms in total. The Kier molecular flexibility index (Phi) is 5.16. The van der Waals surface area contributed by atoms with E-state index in [1.807, 2.05) is 12.1 Å². The molecular weight excluding hydrogens is 359 g/mol. The van der Waals surface area contributed by atoms with Gasteiger partial charge in [0.25, 0.3) is 0 Å². The molecule has 3 N–H and O–H groups in total. The Bertz CT molecular complexity index is 466. The van der Waals surface area contributed by atoms with Crippen LogP contribution in [0, 0.1) is 8.99 Å². The highest BCUT2D eigenvalue weighted by Crippen LogP contribution is 2.19. The zero-order valence-corrected chi connectivity index (χ0v) is 13.2. The van der Waals surface area contributed by atoms with Crippen LogP contribution in [0.3, 0.4) is 0 Å². The van der Waals surface area contributed by atoms with Crippen LogP contribution in [0.15, 0.2) is 24.3 Å². The Labute approximate surface area is 125 Å². The number of benzene rings is 1. The zero-order chi connectivity index (χ0) is 14.6. The van der Waals surface area contributed by atoms with E-state index in [1.54, 1.807) is 32.9 Å². The van der Waals surface area contributed by atoms with E-state index in [2.05, 4.69) is 33.2 Å². The van der Waals surface area contributed by atoms with Crippen molar-refractivity contribution in [3.8, 4) is 0 Å². The van der Waals surface area contributed by atoms with Crippen molar-refractivity contribution in [1.82, 2.24) is 5.32 Å². The quantitative estimate of drug-likeness (QED) is 0.710. The molecule has 0 saturated heterocycles. The normalized spacial score (nSPS) is 12.6. The second-order valence-corrected chi connectivity index (χ2v) is 6.49. The van der Waals surface area contributed by atoms with E-state index in [0.717, 1.165) is 3.57 Å². The average molecular weight is 376 g/mol. The minimum Gasteiger partial charge on any atom is -0.480 e. The summed E-state index contributed by atoms with van der Waals surface area (Å²) in [5.41, 5.74) is 0.0610. The average Bonchev–Trinajstić information content (AvgIpc) is 2.27. The molecule has 104 valence electrons. The van der Waals surface area contributed by atoms with Gasteiger partial charge >= 0.3 is 12.0 Å². The fraction of sp³-hybridized carbons (Fsp3) is 0.385. The predicted octanol–water partition coefficient (Wildman–Crippen LogP) is 2.91. The molecule has 1 rings (SSSR count). The molecule has 0 spiro atoms. The molecule has 0 saturated carbocycles. The minimum absolute atomic E-state index is 0.525. The SMILES string of the molecule is CC(C)(C)[C@H](NC(=O)Nc1ccc(I)cc1)C(=O)O. The third-order valence-electron chi connectivity index (χ3n) is 2.49. The van der Waals surface area contributed by atoms with Gasteiger partial charge in [-0.25, -0.2) is 9.59 Å². The van der Waals surface area contributed by atoms with Crippen LogP contribution in [0.5, 0.6) is 0 Å². The van der Waals surface area contributed by atoms with Crippen LogP contribution in [-0.2, 0) is 4.79 Å². The largest absolute Gasteiger partial charge is 0.480 e. The highest BCUT2D eigenvalue weighted by molar-refractivity contribution is 14.1. The van der Waals surface area contributed by atoms with Crippen LogP contribution < -0.4 is 10.6 Å². The Morgan fingerprint density at radius 3 is 2.16 bits per heavy atom. The van der Waals surface area contributed by atoms with Gasteiger partial charge in [-0.15, -0.1) is 0 Å². The summed E-state index contributed by atoms with van der Waals surface area (Å²) in [7, 11) is 0. The Morgan fingerprint density at radius 1 is 1.21 bits per heavy atom. The van der Waals surface area contributed by atoms with Gasteiger partial charge in [-0.1, -0.05) is 20.8 Å². The number of hydrogen-bond donors (Lipinski definition) is 3. The number of hydrogen-bond acceptors (Lipinski definition) is 2. The number of halogens is 1. The minimum atomic E-state index is -1.05. The van der Waals surface area contributed by atoms with E-state index in [4.69, 9.17) is 5.11 Å². The van der Waals surface area contributed by atoms with E-state index in [0.29, 0.717) is 5.69 Å². The third kappa shape index (κ3) is 5.06. The van der Waals surface area contributed by atoms with Gasteiger partial charge in [0.05, 0.1) is 0 Å². The lowest BCUT2D eigenvalue weighted by Crippen LogP contribution is -2.50. The van der Waals surface area contributed by atoms with Crippen LogP contribution in [0.2, 0.25) is 0 Å². The van der Waals surface area contributed by atoms with Crippen LogP contribution in [0.4, 0.5) is 10.5 Å². The highest BCUT2D eigenvalue weighted by Gasteiger charge is 2.32. The molecule has 0 aliphatic heterocycles. The summed E-state index contributed by atoms with van der Waals surface area (Å²) >= 11 is 2.16. The van der Waals surface area contributed by atoms with Gasteiger partial charge in [-0.2, -0.15) is 0 Å². The molecule has 1 atom stereocenters. The van der Waals surface area contributed by atoms with Gasteiger partial charge < -0.3 is 15.7 Å². The molecule has 0 aliphatic carbocycles. The fourth-order valence-electron chi connectivity index (χ4n) is 1.48. The monoisotopic (exact) mass is 376 g/mol. The Hall–Kier alpha value is -1.31. The summed E-state index contributed by atoms with van der Waals surface area (Å²) in [6.07, 6.45) is 0. The summed E-state index contributed by atoms with van der Waals surface area (Å²) < 4.78 is 1.06. The second-order valence-electron chi connectivity index (χ2n) is 5.24. The first-order valence-corrected chi connectivity index (χ1v) is 6.84. The molecule has 0 aliphatic rings. The molecule has 0 aromatic heterocycles. The topological polar surface area (TPSA) is 78.4 Å². The summed E-state index contributed by atoms with van der Waals surface area (Å²) in [6.45, 7) is 5.28. The molecule has 19 heavy (non-hydrogen) atoms. The number of carbonyl (C=O) groups is 2. The van der Waals surface area contributed by atoms with Gasteiger partial charge in [-0.05, 0) is 52.3 Å². The maximum atomic E-state index is 11.8. The standard InChI is InChI=1S/C13H17IN2O3/c1-13(2,3)10(11(17)18)16-12(19)15-9-6-4-8(14)5-7-9/h4-7,10H,1-3H3,(H,17,18)(H2,15,16,19)/t10-/m1/s1. The maximum Gasteiger partial charge on any atom is 0.326 e. The van der Waals surface area contributed by atoms with Crippen molar-refractivity contribution >= 4 is 40.3 Å². The van der Waals surface area contributed by atoms with Crippen LogP contribution in [0.1, 0.15) is 20.8 Å². The molecule has 0 bridgehead atoms. The Morgan fingerprint density at radius 2 is 1.74 bits per heavy atom. The van der Waals surface area contributed by atoms with Crippen molar-refractivity contribution in [2.75, 3.05) is 5.32 Å². The smallest absolute Gasteiger partial charge is 0.326 e. The maximum absolute atomic E-state index is 11.8. The number of carbonyl (C=O) groups excluding carboxylic acids is 1. The molecular formula is C13H17IN2O3. The number of rotatable bonds is 3. The van der Waals surface area contributed by atoms with Crippen molar-refractivity contribution < 1.29 is 14.7 Å². The van der Waals surface area contributed by atoms with Gasteiger partial charge in [0.1, 0.15) is 6.04 Å². The first kappa shape index (κ1) is 15.7. The second kappa shape index (κ2) is 6.23. The van der Waals surface area contributed by atoms with Crippen molar-refractivity contribution in [2.45, 2.75) is 26.8 Å². The number of carboxylic acid groups (broad SMARTS) is 1. The summed E-state index contributed by atoms with van der Waals surface area (Å²) in [5, 5.41) is 14.2. The van der Waals surface area contributed by atoms with Crippen LogP contribution >= 0.6 is 22.6 Å². The van der Waals surface area contributed by atoms with E-state index in [9.17, 15) is 9.59 Å². The number of urea groups is 1. The molecule has 0 fully saturated rings. The summed E-state index contributed by atoms with van der Waals surface area (Å²) in [6, 6.07) is 5.76. The third-order valence-corrected chi connectivity index (χ3v) is 3.21. The summed E-state index contributed by atoms with van der Waals surface area (Å²) in [5.74, 6) is -1.05. The van der Waals surface area contributed by atoms with Crippen LogP contribution in [0.25, 0.3) is 0 Å². The number of amides is 2. The molecule has 0 unspecified atom stereocenters. The van der Waals surface area contributed by atoms with E-state index in [1.165, 1.54) is 0 Å². The lowest BCUT2D eigenvalue weighted by atomic mass is 9.87. The van der Waals surface area contributed by atoms with Gasteiger partial charge in [0, 0.05) is 9.26 Å². The number of nitrogens with one attached hydrogen (secondary N) is 2. The number of aliphatic carboxylic acids is 1. The molecule has 0 radical (unpaired) electrons. The predicted molar refractivity (Wildman–Crippen MR) is 82.2 cm³/mol. The molecule has 6 heteroatoms. The van der Waals surface area contributed by atoms with Gasteiger partial charge in [0.2, 0.25) is 0 Å². The molecule has 2 amide bonds. The lowest BCUT2D eigenvalue weighted by Gasteiger charge is -2.27. The van der Waals surface area contributed by atoms with Gasteiger partial charge in [0.15, 0.2) is 0 Å². The van der Waals surface area contributed by atoms with Crippen molar-refractivity contribution in [3.63, 3.8) is 0 Å². The van der Waals surface area contributed by atoms with Crippen molar-refractivity contribution in [2.24, 2.45) is 5.41 Å². The van der Waals surface area contributed by atoms with Crippen molar-refractivity contribution in [1.29, 1.82) is 0 Å². The van der Waals surface area contributed by atoms with Crippen molar-refractivity contribution in [3.05, 3.63) is 27.8 Å². The molecule has 1 aromatic carbocycles. The zero-order valence-electron chi connectivity index (χ0n) is 11.0. The number of carboxylic acids is 1. The first-order chi connectivity index (χ1) is 8.70. The molecule has 1 aromatic rings. The first-order valence-electron chi connectivity index (χ1n) is 5.76. The highest BCUT2D eigenvalue weighted by atomic mass is 127. The number of anilines is 1. The lowest BCUT2D eigenvalue weighted by molar-refractivity contribution is -0.141. The van der Waals surface area contributed by atoms with E-state index < -0.39 is 23.5 Å². The van der Waals surface area contributed by atoms with Crippen LogP contribution in [-0.4, -0.2) is 23.1 Å². The van der Waals surface area contributed by atoms with E-state index >= 15 is 0 Å².